The van der Waals surface area contributed by atoms with Gasteiger partial charge in [0.05, 0.1) is 0 Å². The SMILES string of the molecule is CC(C)(C)[Si](C)(C)OCC1CC(=O)N(c2cccc3c2CN(C2CCC(=O)N(COCC[Si](C)(C)C)C2=O)C3=O)C1. The minimum Gasteiger partial charge on any atom is -0.416 e. The number of carbonyl (C=O) groups is 4. The van der Waals surface area contributed by atoms with E-state index in [-0.39, 0.29) is 54.8 Å². The molecule has 0 N–H and O–H groups in total. The van der Waals surface area contributed by atoms with Crippen LogP contribution in [0.25, 0.3) is 0 Å². The van der Waals surface area contributed by atoms with E-state index in [4.69, 9.17) is 9.16 Å². The fourth-order valence-corrected chi connectivity index (χ4v) is 7.13. The van der Waals surface area contributed by atoms with E-state index in [1.165, 1.54) is 0 Å². The zero-order valence-electron chi connectivity index (χ0n) is 26.0. The Morgan fingerprint density at radius 2 is 1.71 bits per heavy atom. The van der Waals surface area contributed by atoms with Crippen molar-refractivity contribution in [2.45, 2.75) is 96.4 Å². The lowest BCUT2D eigenvalue weighted by atomic mass is 10.0. The number of likely N-dealkylation sites (tertiary alicyclic amines) is 1. The topological polar surface area (TPSA) is 96.5 Å². The summed E-state index contributed by atoms with van der Waals surface area (Å²) in [6.45, 7) is 19.5. The van der Waals surface area contributed by atoms with Crippen LogP contribution in [-0.2, 0) is 30.1 Å². The van der Waals surface area contributed by atoms with Crippen molar-refractivity contribution in [3.8, 4) is 0 Å². The molecule has 3 heterocycles. The summed E-state index contributed by atoms with van der Waals surface area (Å²) >= 11 is 0. The lowest BCUT2D eigenvalue weighted by Crippen LogP contribution is -2.55. The molecule has 2 atom stereocenters. The van der Waals surface area contributed by atoms with E-state index >= 15 is 0 Å². The van der Waals surface area contributed by atoms with Crippen molar-refractivity contribution in [2.75, 3.05) is 31.4 Å². The summed E-state index contributed by atoms with van der Waals surface area (Å²) in [5.74, 6) is -0.788. The highest BCUT2D eigenvalue weighted by Gasteiger charge is 2.45. The minimum atomic E-state index is -1.93. The van der Waals surface area contributed by atoms with Crippen molar-refractivity contribution < 1.29 is 28.3 Å². The number of hydrogen-bond donors (Lipinski definition) is 0. The molecule has 0 radical (unpaired) electrons. The maximum atomic E-state index is 13.5. The fraction of sp³-hybridized carbons (Fsp3) is 0.667. The van der Waals surface area contributed by atoms with Gasteiger partial charge in [0, 0.05) is 70.0 Å². The molecule has 0 aliphatic carbocycles. The predicted molar refractivity (Wildman–Crippen MR) is 164 cm³/mol. The first-order valence-electron chi connectivity index (χ1n) is 14.8. The summed E-state index contributed by atoms with van der Waals surface area (Å²) in [5, 5.41) is 0.0935. The highest BCUT2D eigenvalue weighted by Crippen LogP contribution is 2.39. The number of carbonyl (C=O) groups excluding carboxylic acids is 4. The number of piperidine rings is 1. The molecule has 1 aromatic rings. The summed E-state index contributed by atoms with van der Waals surface area (Å²) in [7, 11) is -3.24. The molecule has 226 valence electrons. The molecule has 41 heavy (non-hydrogen) atoms. The first-order valence-corrected chi connectivity index (χ1v) is 21.4. The highest BCUT2D eigenvalue weighted by atomic mass is 28.4. The van der Waals surface area contributed by atoms with Crippen molar-refractivity contribution in [1.82, 2.24) is 9.80 Å². The number of hydrogen-bond acceptors (Lipinski definition) is 6. The summed E-state index contributed by atoms with van der Waals surface area (Å²) in [5.41, 5.74) is 2.00. The molecular formula is C30H47N3O6Si2. The third-order valence-electron chi connectivity index (χ3n) is 9.03. The predicted octanol–water partition coefficient (Wildman–Crippen LogP) is 4.85. The van der Waals surface area contributed by atoms with Gasteiger partial charge in [-0.25, -0.2) is 0 Å². The van der Waals surface area contributed by atoms with E-state index in [1.54, 1.807) is 21.9 Å². The number of rotatable bonds is 10. The lowest BCUT2D eigenvalue weighted by Gasteiger charge is -2.36. The Balaban J connectivity index is 1.45. The Hall–Kier alpha value is -2.35. The zero-order chi connectivity index (χ0) is 30.3. The van der Waals surface area contributed by atoms with Crippen LogP contribution in [0.15, 0.2) is 18.2 Å². The van der Waals surface area contributed by atoms with Gasteiger partial charge in [-0.1, -0.05) is 46.5 Å². The summed E-state index contributed by atoms with van der Waals surface area (Å²) < 4.78 is 12.1. The first-order chi connectivity index (χ1) is 19.0. The van der Waals surface area contributed by atoms with Gasteiger partial charge < -0.3 is 19.0 Å². The molecule has 4 amide bonds. The molecular weight excluding hydrogens is 555 g/mol. The van der Waals surface area contributed by atoms with Gasteiger partial charge in [-0.2, -0.15) is 0 Å². The van der Waals surface area contributed by atoms with Gasteiger partial charge in [0.2, 0.25) is 11.8 Å². The van der Waals surface area contributed by atoms with Crippen molar-refractivity contribution in [1.29, 1.82) is 0 Å². The van der Waals surface area contributed by atoms with E-state index in [1.807, 2.05) is 6.07 Å². The first kappa shape index (κ1) is 31.6. The molecule has 3 aliphatic heterocycles. The Labute approximate surface area is 246 Å². The van der Waals surface area contributed by atoms with Gasteiger partial charge >= 0.3 is 0 Å². The standard InChI is InChI=1S/C30H47N3O6Si2/c1-30(2,3)41(7,8)39-19-21-16-27(35)31(17-21)24-11-9-10-22-23(24)18-32(28(22)36)25-12-13-26(34)33(29(25)37)20-38-14-15-40(4,5)6/h9-11,21,25H,12-20H2,1-8H3. The highest BCUT2D eigenvalue weighted by molar-refractivity contribution is 6.76. The Bertz CT molecular complexity index is 1210. The monoisotopic (exact) mass is 601 g/mol. The number of anilines is 1. The number of fused-ring (bicyclic) bond motifs is 1. The second-order valence-corrected chi connectivity index (χ2v) is 24.9. The number of nitrogens with zero attached hydrogens (tertiary/aromatic N) is 3. The fourth-order valence-electron chi connectivity index (χ4n) is 5.29. The van der Waals surface area contributed by atoms with Crippen LogP contribution in [-0.4, -0.2) is 82.4 Å². The molecule has 9 nitrogen and oxygen atoms in total. The molecule has 2 saturated heterocycles. The maximum absolute atomic E-state index is 13.5. The molecule has 2 unspecified atom stereocenters. The Morgan fingerprint density at radius 3 is 2.37 bits per heavy atom. The smallest absolute Gasteiger partial charge is 0.255 e. The molecule has 0 spiro atoms. The van der Waals surface area contributed by atoms with Crippen molar-refractivity contribution in [3.63, 3.8) is 0 Å². The average Bonchev–Trinajstić information content (AvgIpc) is 3.40. The van der Waals surface area contributed by atoms with Crippen molar-refractivity contribution >= 4 is 45.7 Å². The molecule has 0 bridgehead atoms. The molecule has 0 saturated carbocycles. The Kier molecular flexibility index (Phi) is 9.04. The number of benzene rings is 1. The third kappa shape index (κ3) is 6.84. The van der Waals surface area contributed by atoms with Gasteiger partial charge in [-0.3, -0.25) is 24.1 Å². The van der Waals surface area contributed by atoms with Gasteiger partial charge in [0.15, 0.2) is 8.32 Å². The second-order valence-electron chi connectivity index (χ2n) is 14.4. The van der Waals surface area contributed by atoms with Crippen molar-refractivity contribution in [2.24, 2.45) is 5.92 Å². The molecule has 2 fully saturated rings. The number of ether oxygens (including phenoxy) is 1. The summed E-state index contributed by atoms with van der Waals surface area (Å²) in [6.07, 6.45) is 0.876. The van der Waals surface area contributed by atoms with E-state index in [0.717, 1.165) is 22.2 Å². The van der Waals surface area contributed by atoms with E-state index in [0.29, 0.717) is 31.7 Å². The molecule has 1 aromatic carbocycles. The van der Waals surface area contributed by atoms with Crippen LogP contribution in [0.1, 0.15) is 56.0 Å². The largest absolute Gasteiger partial charge is 0.416 e. The number of imide groups is 1. The van der Waals surface area contributed by atoms with Crippen molar-refractivity contribution in [3.05, 3.63) is 29.3 Å². The zero-order valence-corrected chi connectivity index (χ0v) is 28.0. The third-order valence-corrected chi connectivity index (χ3v) is 15.2. The van der Waals surface area contributed by atoms with E-state index in [9.17, 15) is 19.2 Å². The molecule has 4 rings (SSSR count). The van der Waals surface area contributed by atoms with E-state index < -0.39 is 28.3 Å². The van der Waals surface area contributed by atoms with Crippen LogP contribution in [0.3, 0.4) is 0 Å². The van der Waals surface area contributed by atoms with Gasteiger partial charge in [-0.05, 0) is 42.7 Å². The average molecular weight is 602 g/mol. The van der Waals surface area contributed by atoms with Crippen LogP contribution in [0, 0.1) is 5.92 Å². The summed E-state index contributed by atoms with van der Waals surface area (Å²) in [4.78, 5) is 57.2. The minimum absolute atomic E-state index is 0.0223. The summed E-state index contributed by atoms with van der Waals surface area (Å²) in [6, 6.07) is 5.65. The van der Waals surface area contributed by atoms with Gasteiger partial charge in [-0.15, -0.1) is 0 Å². The quantitative estimate of drug-likeness (QED) is 0.216. The lowest BCUT2D eigenvalue weighted by molar-refractivity contribution is -0.158. The van der Waals surface area contributed by atoms with Crippen LogP contribution >= 0.6 is 0 Å². The van der Waals surface area contributed by atoms with E-state index in [2.05, 4.69) is 53.5 Å². The van der Waals surface area contributed by atoms with Crippen LogP contribution in [0.5, 0.6) is 0 Å². The van der Waals surface area contributed by atoms with Crippen LogP contribution in [0.4, 0.5) is 5.69 Å². The van der Waals surface area contributed by atoms with Crippen LogP contribution in [0.2, 0.25) is 43.8 Å². The number of amides is 4. The maximum Gasteiger partial charge on any atom is 0.255 e. The molecule has 3 aliphatic rings. The molecule has 11 heteroatoms. The van der Waals surface area contributed by atoms with Gasteiger partial charge in [0.1, 0.15) is 12.8 Å². The molecule has 0 aromatic heterocycles. The normalized spacial score (nSPS) is 22.3. The Morgan fingerprint density at radius 1 is 1.00 bits per heavy atom. The second kappa shape index (κ2) is 11.7. The van der Waals surface area contributed by atoms with Gasteiger partial charge in [0.25, 0.3) is 11.8 Å². The van der Waals surface area contributed by atoms with Crippen LogP contribution < -0.4 is 4.90 Å².